The predicted molar refractivity (Wildman–Crippen MR) is 109 cm³/mol. The van der Waals surface area contributed by atoms with Crippen molar-refractivity contribution >= 4 is 0 Å². The average molecular weight is 382 g/mol. The van der Waals surface area contributed by atoms with Crippen LogP contribution in [0.15, 0.2) is 48.8 Å². The van der Waals surface area contributed by atoms with E-state index >= 15 is 0 Å². The lowest BCUT2D eigenvalue weighted by molar-refractivity contribution is 0.139. The van der Waals surface area contributed by atoms with Gasteiger partial charge >= 0.3 is 0 Å². The number of imidazole rings is 1. The summed E-state index contributed by atoms with van der Waals surface area (Å²) in [5.74, 6) is 1.94. The van der Waals surface area contributed by atoms with Crippen LogP contribution in [0.3, 0.4) is 0 Å². The zero-order valence-corrected chi connectivity index (χ0v) is 16.8. The Hall–Kier alpha value is -2.99. The highest BCUT2D eigenvalue weighted by atomic mass is 16.5. The van der Waals surface area contributed by atoms with Crippen molar-refractivity contribution < 1.29 is 18.9 Å². The Morgan fingerprint density at radius 2 is 1.57 bits per heavy atom. The first-order valence-electron chi connectivity index (χ1n) is 9.22. The molecule has 0 aliphatic carbocycles. The van der Waals surface area contributed by atoms with Crippen molar-refractivity contribution in [2.24, 2.45) is 0 Å². The minimum Gasteiger partial charge on any atom is -0.496 e. The van der Waals surface area contributed by atoms with Gasteiger partial charge in [-0.2, -0.15) is 0 Å². The van der Waals surface area contributed by atoms with E-state index in [0.29, 0.717) is 37.0 Å². The summed E-state index contributed by atoms with van der Waals surface area (Å²) in [5.41, 5.74) is 3.74. The topological polar surface area (TPSA) is 54.7 Å². The molecule has 2 aromatic carbocycles. The molecule has 3 rings (SSSR count). The molecule has 28 heavy (non-hydrogen) atoms. The van der Waals surface area contributed by atoms with Crippen LogP contribution in [0.4, 0.5) is 0 Å². The second-order valence-electron chi connectivity index (χ2n) is 6.11. The summed E-state index contributed by atoms with van der Waals surface area (Å²) < 4.78 is 24.3. The highest BCUT2D eigenvalue weighted by molar-refractivity contribution is 5.83. The molecule has 0 amide bonds. The van der Waals surface area contributed by atoms with Crippen LogP contribution < -0.4 is 14.2 Å². The number of benzene rings is 2. The number of rotatable bonds is 9. The van der Waals surface area contributed by atoms with Crippen molar-refractivity contribution in [2.75, 3.05) is 34.5 Å². The zero-order chi connectivity index (χ0) is 19.9. The first kappa shape index (κ1) is 19.8. The van der Waals surface area contributed by atoms with Gasteiger partial charge in [0.1, 0.15) is 5.75 Å². The van der Waals surface area contributed by atoms with E-state index in [9.17, 15) is 0 Å². The normalized spacial score (nSPS) is 10.7. The van der Waals surface area contributed by atoms with E-state index in [-0.39, 0.29) is 0 Å². The lowest BCUT2D eigenvalue weighted by Crippen LogP contribution is -2.07. The fraction of sp³-hybridized carbons (Fsp3) is 0.318. The van der Waals surface area contributed by atoms with Gasteiger partial charge < -0.3 is 23.5 Å². The molecule has 148 valence electrons. The Kier molecular flexibility index (Phi) is 6.55. The van der Waals surface area contributed by atoms with Crippen LogP contribution in [0.1, 0.15) is 6.92 Å². The van der Waals surface area contributed by atoms with E-state index in [1.807, 2.05) is 55.7 Å². The first-order chi connectivity index (χ1) is 13.7. The predicted octanol–water partition coefficient (Wildman–Crippen LogP) is 4.28. The Bertz CT molecular complexity index is 906. The second-order valence-corrected chi connectivity index (χ2v) is 6.11. The molecule has 6 nitrogen and oxygen atoms in total. The SMILES string of the molecule is CCOCCn1cnc(-c2ccccc2)c1-c1cc(OC)c(OC)cc1OC. The molecule has 0 radical (unpaired) electrons. The van der Waals surface area contributed by atoms with E-state index in [4.69, 9.17) is 23.9 Å². The molecule has 0 spiro atoms. The summed E-state index contributed by atoms with van der Waals surface area (Å²) in [6.45, 7) is 3.95. The van der Waals surface area contributed by atoms with Crippen molar-refractivity contribution in [1.82, 2.24) is 9.55 Å². The summed E-state index contributed by atoms with van der Waals surface area (Å²) in [6, 6.07) is 13.9. The van der Waals surface area contributed by atoms with Crippen LogP contribution in [-0.4, -0.2) is 44.1 Å². The van der Waals surface area contributed by atoms with E-state index in [1.54, 1.807) is 21.3 Å². The maximum Gasteiger partial charge on any atom is 0.164 e. The van der Waals surface area contributed by atoms with E-state index in [0.717, 1.165) is 22.5 Å². The van der Waals surface area contributed by atoms with Crippen LogP contribution in [0.2, 0.25) is 0 Å². The molecule has 3 aromatic rings. The molecule has 0 fully saturated rings. The summed E-state index contributed by atoms with van der Waals surface area (Å²) >= 11 is 0. The number of hydrogen-bond donors (Lipinski definition) is 0. The summed E-state index contributed by atoms with van der Waals surface area (Å²) in [4.78, 5) is 4.69. The fourth-order valence-electron chi connectivity index (χ4n) is 3.16. The molecule has 1 heterocycles. The van der Waals surface area contributed by atoms with Crippen molar-refractivity contribution in [2.45, 2.75) is 13.5 Å². The van der Waals surface area contributed by atoms with E-state index < -0.39 is 0 Å². The van der Waals surface area contributed by atoms with Crippen molar-refractivity contribution in [3.63, 3.8) is 0 Å². The van der Waals surface area contributed by atoms with Crippen molar-refractivity contribution in [1.29, 1.82) is 0 Å². The summed E-state index contributed by atoms with van der Waals surface area (Å²) in [7, 11) is 4.88. The molecule has 0 N–H and O–H groups in total. The highest BCUT2D eigenvalue weighted by Gasteiger charge is 2.21. The van der Waals surface area contributed by atoms with Crippen LogP contribution in [0.5, 0.6) is 17.2 Å². The maximum atomic E-state index is 5.67. The fourth-order valence-corrected chi connectivity index (χ4v) is 3.16. The Labute approximate surface area is 165 Å². The number of ether oxygens (including phenoxy) is 4. The lowest BCUT2D eigenvalue weighted by Gasteiger charge is -2.17. The number of nitrogens with zero attached hydrogens (tertiary/aromatic N) is 2. The maximum absolute atomic E-state index is 5.67. The van der Waals surface area contributed by atoms with Gasteiger partial charge in [-0.3, -0.25) is 0 Å². The second kappa shape index (κ2) is 9.28. The summed E-state index contributed by atoms with van der Waals surface area (Å²) in [6.07, 6.45) is 1.84. The quantitative estimate of drug-likeness (QED) is 0.517. The van der Waals surface area contributed by atoms with E-state index in [1.165, 1.54) is 0 Å². The summed E-state index contributed by atoms with van der Waals surface area (Å²) in [5, 5.41) is 0. The van der Waals surface area contributed by atoms with Crippen molar-refractivity contribution in [3.8, 4) is 39.8 Å². The van der Waals surface area contributed by atoms with Crippen LogP contribution >= 0.6 is 0 Å². The van der Waals surface area contributed by atoms with Crippen LogP contribution in [0, 0.1) is 0 Å². The molecular weight excluding hydrogens is 356 g/mol. The molecule has 6 heteroatoms. The number of methoxy groups -OCH3 is 3. The van der Waals surface area contributed by atoms with Crippen LogP contribution in [0.25, 0.3) is 22.5 Å². The lowest BCUT2D eigenvalue weighted by atomic mass is 10.0. The molecule has 0 bridgehead atoms. The smallest absolute Gasteiger partial charge is 0.164 e. The van der Waals surface area contributed by atoms with Gasteiger partial charge in [-0.15, -0.1) is 0 Å². The zero-order valence-electron chi connectivity index (χ0n) is 16.8. The van der Waals surface area contributed by atoms with Gasteiger partial charge in [0.15, 0.2) is 11.5 Å². The molecular formula is C22H26N2O4. The van der Waals surface area contributed by atoms with Gasteiger partial charge in [-0.1, -0.05) is 30.3 Å². The largest absolute Gasteiger partial charge is 0.496 e. The Balaban J connectivity index is 2.19. The molecule has 0 saturated carbocycles. The molecule has 0 aliphatic heterocycles. The standard InChI is InChI=1S/C22H26N2O4/c1-5-28-12-11-24-15-23-21(16-9-7-6-8-10-16)22(24)17-13-19(26-3)20(27-4)14-18(17)25-2/h6-10,13-15H,5,11-12H2,1-4H3. The van der Waals surface area contributed by atoms with Crippen molar-refractivity contribution in [3.05, 3.63) is 48.8 Å². The van der Waals surface area contributed by atoms with Gasteiger partial charge in [0.05, 0.1) is 45.7 Å². The third kappa shape index (κ3) is 3.97. The molecule has 0 aliphatic rings. The Morgan fingerprint density at radius 1 is 0.893 bits per heavy atom. The van der Waals surface area contributed by atoms with Gasteiger partial charge in [0.2, 0.25) is 0 Å². The third-order valence-electron chi connectivity index (χ3n) is 4.53. The Morgan fingerprint density at radius 3 is 2.21 bits per heavy atom. The first-order valence-corrected chi connectivity index (χ1v) is 9.22. The average Bonchev–Trinajstić information content (AvgIpc) is 3.17. The van der Waals surface area contributed by atoms with E-state index in [2.05, 4.69) is 4.57 Å². The minimum atomic E-state index is 0.601. The van der Waals surface area contributed by atoms with Gasteiger partial charge in [0, 0.05) is 30.3 Å². The van der Waals surface area contributed by atoms with Crippen LogP contribution in [-0.2, 0) is 11.3 Å². The molecule has 1 aromatic heterocycles. The molecule has 0 saturated heterocycles. The number of hydrogen-bond acceptors (Lipinski definition) is 5. The van der Waals surface area contributed by atoms with Gasteiger partial charge in [0.25, 0.3) is 0 Å². The molecule has 0 unspecified atom stereocenters. The monoisotopic (exact) mass is 382 g/mol. The number of aromatic nitrogens is 2. The minimum absolute atomic E-state index is 0.601. The van der Waals surface area contributed by atoms with Gasteiger partial charge in [-0.05, 0) is 13.0 Å². The molecule has 0 atom stereocenters. The third-order valence-corrected chi connectivity index (χ3v) is 4.53. The highest BCUT2D eigenvalue weighted by Crippen LogP contribution is 2.43. The van der Waals surface area contributed by atoms with Gasteiger partial charge in [-0.25, -0.2) is 4.98 Å².